The first-order chi connectivity index (χ1) is 6.20. The second kappa shape index (κ2) is 3.07. The lowest BCUT2D eigenvalue weighted by molar-refractivity contribution is 0.636. The normalized spacial score (nSPS) is 10.7. The van der Waals surface area contributed by atoms with Crippen molar-refractivity contribution in [1.82, 2.24) is 4.98 Å². The van der Waals surface area contributed by atoms with Crippen LogP contribution in [0.3, 0.4) is 0 Å². The fraction of sp³-hybridized carbons (Fsp3) is 0.100. The molecule has 0 saturated heterocycles. The largest absolute Gasteiger partial charge is 0.252 e. The van der Waals surface area contributed by atoms with Gasteiger partial charge in [0.15, 0.2) is 0 Å². The third-order valence-corrected chi connectivity index (χ3v) is 2.86. The fourth-order valence-electron chi connectivity index (χ4n) is 1.30. The van der Waals surface area contributed by atoms with Crippen molar-refractivity contribution in [3.63, 3.8) is 0 Å². The van der Waals surface area contributed by atoms with E-state index in [1.54, 1.807) is 12.3 Å². The van der Waals surface area contributed by atoms with Crippen LogP contribution < -0.4 is 0 Å². The van der Waals surface area contributed by atoms with Gasteiger partial charge in [-0.2, -0.15) is 0 Å². The molecule has 0 saturated carbocycles. The van der Waals surface area contributed by atoms with Crippen LogP contribution in [0.2, 0.25) is 0 Å². The van der Waals surface area contributed by atoms with Crippen molar-refractivity contribution >= 4 is 26.8 Å². The summed E-state index contributed by atoms with van der Waals surface area (Å²) in [5.74, 6) is -0.270. The van der Waals surface area contributed by atoms with Crippen LogP contribution in [0.25, 0.3) is 10.9 Å². The number of pyridine rings is 1. The summed E-state index contributed by atoms with van der Waals surface area (Å²) in [7, 11) is 0. The first-order valence-corrected chi connectivity index (χ1v) is 4.69. The molecule has 1 aromatic heterocycles. The van der Waals surface area contributed by atoms with Gasteiger partial charge in [0, 0.05) is 16.1 Å². The average molecular weight is 240 g/mol. The number of nitrogens with zero attached hydrogens (tertiary/aromatic N) is 1. The third kappa shape index (κ3) is 1.33. The minimum absolute atomic E-state index is 0.270. The van der Waals surface area contributed by atoms with Gasteiger partial charge in [0.2, 0.25) is 0 Å². The molecule has 0 unspecified atom stereocenters. The molecule has 2 rings (SSSR count). The summed E-state index contributed by atoms with van der Waals surface area (Å²) < 4.78 is 14.1. The summed E-state index contributed by atoms with van der Waals surface area (Å²) in [6.45, 7) is 1.94. The SMILES string of the molecule is Cc1c(Br)cnc2c(F)cccc12. The van der Waals surface area contributed by atoms with E-state index in [1.165, 1.54) is 6.07 Å². The van der Waals surface area contributed by atoms with Gasteiger partial charge in [0.05, 0.1) is 0 Å². The molecule has 0 aliphatic rings. The first kappa shape index (κ1) is 8.63. The van der Waals surface area contributed by atoms with Crippen LogP contribution in [0.4, 0.5) is 4.39 Å². The molecule has 1 heterocycles. The minimum atomic E-state index is -0.270. The summed E-state index contributed by atoms with van der Waals surface area (Å²) >= 11 is 3.36. The predicted octanol–water partition coefficient (Wildman–Crippen LogP) is 3.44. The van der Waals surface area contributed by atoms with Crippen molar-refractivity contribution in [1.29, 1.82) is 0 Å². The van der Waals surface area contributed by atoms with Gasteiger partial charge in [-0.25, -0.2) is 4.39 Å². The zero-order valence-corrected chi connectivity index (χ0v) is 8.60. The molecular formula is C10H7BrFN. The lowest BCUT2D eigenvalue weighted by atomic mass is 10.1. The smallest absolute Gasteiger partial charge is 0.149 e. The number of halogens is 2. The second-order valence-electron chi connectivity index (χ2n) is 2.87. The Kier molecular flexibility index (Phi) is 2.04. The van der Waals surface area contributed by atoms with Crippen molar-refractivity contribution in [3.05, 3.63) is 40.2 Å². The molecule has 0 bridgehead atoms. The third-order valence-electron chi connectivity index (χ3n) is 2.06. The van der Waals surface area contributed by atoms with E-state index in [4.69, 9.17) is 0 Å². The second-order valence-corrected chi connectivity index (χ2v) is 3.72. The molecule has 0 aliphatic carbocycles. The Labute approximate surface area is 83.7 Å². The van der Waals surface area contributed by atoms with Crippen molar-refractivity contribution in [2.75, 3.05) is 0 Å². The predicted molar refractivity (Wildman–Crippen MR) is 54.1 cm³/mol. The van der Waals surface area contributed by atoms with Crippen LogP contribution in [-0.4, -0.2) is 4.98 Å². The number of aromatic nitrogens is 1. The summed E-state index contributed by atoms with van der Waals surface area (Å²) in [5.41, 5.74) is 1.45. The van der Waals surface area contributed by atoms with Crippen molar-refractivity contribution < 1.29 is 4.39 Å². The van der Waals surface area contributed by atoms with E-state index in [0.717, 1.165) is 15.4 Å². The molecule has 2 aromatic rings. The van der Waals surface area contributed by atoms with Gasteiger partial charge < -0.3 is 0 Å². The van der Waals surface area contributed by atoms with Crippen LogP contribution in [-0.2, 0) is 0 Å². The summed E-state index contributed by atoms with van der Waals surface area (Å²) in [5, 5.41) is 0.856. The average Bonchev–Trinajstić information content (AvgIpc) is 2.12. The first-order valence-electron chi connectivity index (χ1n) is 3.89. The van der Waals surface area contributed by atoms with E-state index in [-0.39, 0.29) is 5.82 Å². The quantitative estimate of drug-likeness (QED) is 0.687. The number of fused-ring (bicyclic) bond motifs is 1. The van der Waals surface area contributed by atoms with Crippen LogP contribution in [0.15, 0.2) is 28.9 Å². The highest BCUT2D eigenvalue weighted by molar-refractivity contribution is 9.10. The van der Waals surface area contributed by atoms with Crippen molar-refractivity contribution in [3.8, 4) is 0 Å². The van der Waals surface area contributed by atoms with E-state index in [2.05, 4.69) is 20.9 Å². The lowest BCUT2D eigenvalue weighted by Crippen LogP contribution is -1.87. The van der Waals surface area contributed by atoms with E-state index in [0.29, 0.717) is 5.52 Å². The monoisotopic (exact) mass is 239 g/mol. The Morgan fingerprint density at radius 1 is 1.38 bits per heavy atom. The van der Waals surface area contributed by atoms with E-state index < -0.39 is 0 Å². The topological polar surface area (TPSA) is 12.9 Å². The number of rotatable bonds is 0. The Bertz CT molecular complexity index is 468. The van der Waals surface area contributed by atoms with Gasteiger partial charge in [0.1, 0.15) is 11.3 Å². The van der Waals surface area contributed by atoms with Gasteiger partial charge in [-0.1, -0.05) is 12.1 Å². The molecule has 0 aliphatic heterocycles. The maximum atomic E-state index is 13.2. The highest BCUT2D eigenvalue weighted by Gasteiger charge is 2.05. The molecule has 13 heavy (non-hydrogen) atoms. The molecule has 0 spiro atoms. The molecule has 0 amide bonds. The van der Waals surface area contributed by atoms with E-state index in [1.807, 2.05) is 13.0 Å². The van der Waals surface area contributed by atoms with Crippen LogP contribution >= 0.6 is 15.9 Å². The maximum absolute atomic E-state index is 13.2. The number of hydrogen-bond acceptors (Lipinski definition) is 1. The molecule has 3 heteroatoms. The molecule has 0 N–H and O–H groups in total. The lowest BCUT2D eigenvalue weighted by Gasteiger charge is -2.03. The Balaban J connectivity index is 2.94. The van der Waals surface area contributed by atoms with E-state index in [9.17, 15) is 4.39 Å². The Hall–Kier alpha value is -0.960. The fourth-order valence-corrected chi connectivity index (χ4v) is 1.61. The highest BCUT2D eigenvalue weighted by Crippen LogP contribution is 2.24. The standard InChI is InChI=1S/C10H7BrFN/c1-6-7-3-2-4-9(12)10(7)13-5-8(6)11/h2-5H,1H3. The zero-order valence-electron chi connectivity index (χ0n) is 7.01. The molecule has 0 radical (unpaired) electrons. The van der Waals surface area contributed by atoms with Crippen LogP contribution in [0.1, 0.15) is 5.56 Å². The van der Waals surface area contributed by atoms with Gasteiger partial charge in [-0.05, 0) is 34.5 Å². The van der Waals surface area contributed by atoms with Gasteiger partial charge in [0.25, 0.3) is 0 Å². The van der Waals surface area contributed by atoms with Crippen molar-refractivity contribution in [2.45, 2.75) is 6.92 Å². The molecule has 66 valence electrons. The van der Waals surface area contributed by atoms with Crippen LogP contribution in [0, 0.1) is 12.7 Å². The zero-order chi connectivity index (χ0) is 9.42. The molecule has 1 aromatic carbocycles. The van der Waals surface area contributed by atoms with Crippen LogP contribution in [0.5, 0.6) is 0 Å². The number of aryl methyl sites for hydroxylation is 1. The summed E-state index contributed by atoms with van der Waals surface area (Å²) in [6, 6.07) is 4.98. The number of para-hydroxylation sites is 1. The molecular weight excluding hydrogens is 233 g/mol. The van der Waals surface area contributed by atoms with E-state index >= 15 is 0 Å². The highest BCUT2D eigenvalue weighted by atomic mass is 79.9. The number of benzene rings is 1. The Morgan fingerprint density at radius 2 is 2.15 bits per heavy atom. The van der Waals surface area contributed by atoms with Gasteiger partial charge in [-0.3, -0.25) is 4.98 Å². The molecule has 0 atom stereocenters. The Morgan fingerprint density at radius 3 is 2.92 bits per heavy atom. The summed E-state index contributed by atoms with van der Waals surface area (Å²) in [4.78, 5) is 4.02. The molecule has 0 fully saturated rings. The van der Waals surface area contributed by atoms with Gasteiger partial charge >= 0.3 is 0 Å². The minimum Gasteiger partial charge on any atom is -0.252 e. The van der Waals surface area contributed by atoms with Gasteiger partial charge in [-0.15, -0.1) is 0 Å². The molecule has 1 nitrogen and oxygen atoms in total. The maximum Gasteiger partial charge on any atom is 0.149 e. The van der Waals surface area contributed by atoms with Crippen molar-refractivity contribution in [2.24, 2.45) is 0 Å². The number of hydrogen-bond donors (Lipinski definition) is 0. The summed E-state index contributed by atoms with van der Waals surface area (Å²) in [6.07, 6.45) is 1.63.